The number of aldehydes is 1. The maximum atomic E-state index is 10.6. The Morgan fingerprint density at radius 2 is 2.09 bits per heavy atom. The second-order valence-electron chi connectivity index (χ2n) is 2.77. The lowest BCUT2D eigenvalue weighted by atomic mass is 10.0. The van der Waals surface area contributed by atoms with Crippen LogP contribution in [0, 0.1) is 5.92 Å². The minimum absolute atomic E-state index is 0.268. The molecule has 0 aromatic carbocycles. The summed E-state index contributed by atoms with van der Waals surface area (Å²) < 4.78 is 0. The lowest BCUT2D eigenvalue weighted by molar-refractivity contribution is -0.111. The van der Waals surface area contributed by atoms with Crippen molar-refractivity contribution in [1.29, 1.82) is 0 Å². The third-order valence-corrected chi connectivity index (χ3v) is 3.19. The molecule has 0 N–H and O–H groups in total. The number of hydrogen-bond acceptors (Lipinski definition) is 2. The van der Waals surface area contributed by atoms with Gasteiger partial charge in [0.1, 0.15) is 6.29 Å². The first-order chi connectivity index (χ1) is 5.29. The normalized spacial score (nSPS) is 15.9. The van der Waals surface area contributed by atoms with E-state index in [4.69, 9.17) is 0 Å². The van der Waals surface area contributed by atoms with Crippen molar-refractivity contribution in [2.45, 2.75) is 38.4 Å². The molecule has 0 saturated heterocycles. The Balaban J connectivity index is 3.86. The van der Waals surface area contributed by atoms with E-state index in [9.17, 15) is 4.79 Å². The van der Waals surface area contributed by atoms with Crippen LogP contribution in [-0.4, -0.2) is 17.8 Å². The zero-order chi connectivity index (χ0) is 8.69. The summed E-state index contributed by atoms with van der Waals surface area (Å²) in [4.78, 5) is 10.6. The van der Waals surface area contributed by atoms with Crippen LogP contribution in [-0.2, 0) is 4.79 Å². The van der Waals surface area contributed by atoms with Crippen LogP contribution in [0.5, 0.6) is 0 Å². The summed E-state index contributed by atoms with van der Waals surface area (Å²) in [5, 5.41) is 0.544. The van der Waals surface area contributed by atoms with Crippen molar-refractivity contribution in [3.63, 3.8) is 0 Å². The SMILES string of the molecule is CCCC(SC)C(C=O)CC. The minimum atomic E-state index is 0.268. The predicted octanol–water partition coefficient (Wildman–Crippen LogP) is 2.74. The van der Waals surface area contributed by atoms with Crippen LogP contribution in [0.3, 0.4) is 0 Å². The summed E-state index contributed by atoms with van der Waals surface area (Å²) >= 11 is 1.82. The summed E-state index contributed by atoms with van der Waals surface area (Å²) in [6, 6.07) is 0. The van der Waals surface area contributed by atoms with Crippen molar-refractivity contribution in [2.24, 2.45) is 5.92 Å². The Morgan fingerprint density at radius 1 is 1.45 bits per heavy atom. The summed E-state index contributed by atoms with van der Waals surface area (Å²) in [7, 11) is 0. The predicted molar refractivity (Wildman–Crippen MR) is 52.1 cm³/mol. The molecule has 1 nitrogen and oxygen atoms in total. The summed E-state index contributed by atoms with van der Waals surface area (Å²) in [5.74, 6) is 0.268. The van der Waals surface area contributed by atoms with Crippen LogP contribution >= 0.6 is 11.8 Å². The molecule has 0 spiro atoms. The lowest BCUT2D eigenvalue weighted by Gasteiger charge is -2.18. The molecular weight excluding hydrogens is 156 g/mol. The first kappa shape index (κ1) is 11.0. The largest absolute Gasteiger partial charge is 0.303 e. The van der Waals surface area contributed by atoms with E-state index in [2.05, 4.69) is 20.1 Å². The highest BCUT2D eigenvalue weighted by Gasteiger charge is 2.16. The number of hydrogen-bond donors (Lipinski definition) is 0. The average Bonchev–Trinajstić information content (AvgIpc) is 2.05. The topological polar surface area (TPSA) is 17.1 Å². The smallest absolute Gasteiger partial charge is 0.124 e. The Morgan fingerprint density at radius 3 is 2.36 bits per heavy atom. The molecule has 0 aromatic rings. The number of thioether (sulfide) groups is 1. The van der Waals surface area contributed by atoms with E-state index in [0.29, 0.717) is 5.25 Å². The van der Waals surface area contributed by atoms with Crippen LogP contribution in [0.2, 0.25) is 0 Å². The zero-order valence-electron chi connectivity index (χ0n) is 7.67. The zero-order valence-corrected chi connectivity index (χ0v) is 8.49. The second-order valence-corrected chi connectivity index (χ2v) is 3.85. The molecule has 11 heavy (non-hydrogen) atoms. The molecule has 2 atom stereocenters. The van der Waals surface area contributed by atoms with Crippen LogP contribution in [0.4, 0.5) is 0 Å². The van der Waals surface area contributed by atoms with Gasteiger partial charge in [0.05, 0.1) is 0 Å². The standard InChI is InChI=1S/C9H18OS/c1-4-6-9(11-3)8(5-2)7-10/h7-9H,4-6H2,1-3H3. The molecule has 0 saturated carbocycles. The Bertz CT molecular complexity index is 104. The first-order valence-corrected chi connectivity index (χ1v) is 5.56. The number of carbonyl (C=O) groups is 1. The van der Waals surface area contributed by atoms with Crippen molar-refractivity contribution in [3.05, 3.63) is 0 Å². The van der Waals surface area contributed by atoms with Crippen molar-refractivity contribution >= 4 is 18.0 Å². The maximum Gasteiger partial charge on any atom is 0.124 e. The van der Waals surface area contributed by atoms with Crippen molar-refractivity contribution in [1.82, 2.24) is 0 Å². The minimum Gasteiger partial charge on any atom is -0.303 e. The highest BCUT2D eigenvalue weighted by atomic mass is 32.2. The molecule has 0 radical (unpaired) electrons. The summed E-state index contributed by atoms with van der Waals surface area (Å²) in [6.07, 6.45) is 6.52. The molecule has 0 aliphatic heterocycles. The fourth-order valence-corrected chi connectivity index (χ4v) is 2.32. The molecule has 66 valence electrons. The molecule has 0 fully saturated rings. The van der Waals surface area contributed by atoms with E-state index in [0.717, 1.165) is 12.7 Å². The third-order valence-electron chi connectivity index (χ3n) is 2.00. The molecule has 0 amide bonds. The summed E-state index contributed by atoms with van der Waals surface area (Å²) in [6.45, 7) is 4.25. The highest BCUT2D eigenvalue weighted by molar-refractivity contribution is 7.99. The number of rotatable bonds is 6. The molecule has 0 aliphatic rings. The molecule has 0 aromatic heterocycles. The molecule has 0 rings (SSSR count). The van der Waals surface area contributed by atoms with Gasteiger partial charge in [-0.2, -0.15) is 11.8 Å². The molecular formula is C9H18OS. The van der Waals surface area contributed by atoms with Crippen molar-refractivity contribution in [2.75, 3.05) is 6.26 Å². The fourth-order valence-electron chi connectivity index (χ4n) is 1.24. The van der Waals surface area contributed by atoms with E-state index >= 15 is 0 Å². The van der Waals surface area contributed by atoms with Gasteiger partial charge in [-0.25, -0.2) is 0 Å². The fraction of sp³-hybridized carbons (Fsp3) is 0.889. The van der Waals surface area contributed by atoms with E-state index < -0.39 is 0 Å². The second kappa shape index (κ2) is 6.71. The third kappa shape index (κ3) is 3.80. The van der Waals surface area contributed by atoms with Crippen molar-refractivity contribution < 1.29 is 4.79 Å². The van der Waals surface area contributed by atoms with Gasteiger partial charge in [0, 0.05) is 11.2 Å². The van der Waals surface area contributed by atoms with Gasteiger partial charge in [-0.15, -0.1) is 0 Å². The molecule has 0 heterocycles. The van der Waals surface area contributed by atoms with Gasteiger partial charge >= 0.3 is 0 Å². The molecule has 0 aliphatic carbocycles. The van der Waals surface area contributed by atoms with Crippen LogP contribution in [0.15, 0.2) is 0 Å². The van der Waals surface area contributed by atoms with Gasteiger partial charge in [-0.1, -0.05) is 20.3 Å². The molecule has 2 unspecified atom stereocenters. The van der Waals surface area contributed by atoms with Crippen LogP contribution < -0.4 is 0 Å². The van der Waals surface area contributed by atoms with Crippen LogP contribution in [0.1, 0.15) is 33.1 Å². The average molecular weight is 174 g/mol. The number of carbonyl (C=O) groups excluding carboxylic acids is 1. The van der Waals surface area contributed by atoms with Gasteiger partial charge in [0.15, 0.2) is 0 Å². The Kier molecular flexibility index (Phi) is 6.73. The van der Waals surface area contributed by atoms with E-state index in [1.165, 1.54) is 12.8 Å². The quantitative estimate of drug-likeness (QED) is 0.576. The van der Waals surface area contributed by atoms with E-state index in [1.54, 1.807) is 0 Å². The van der Waals surface area contributed by atoms with Gasteiger partial charge in [-0.05, 0) is 19.1 Å². The maximum absolute atomic E-state index is 10.6. The molecule has 0 bridgehead atoms. The summed E-state index contributed by atoms with van der Waals surface area (Å²) in [5.41, 5.74) is 0. The van der Waals surface area contributed by atoms with Gasteiger partial charge in [0.25, 0.3) is 0 Å². The monoisotopic (exact) mass is 174 g/mol. The Labute approximate surface area is 73.9 Å². The van der Waals surface area contributed by atoms with E-state index in [-0.39, 0.29) is 5.92 Å². The van der Waals surface area contributed by atoms with Gasteiger partial charge in [0.2, 0.25) is 0 Å². The van der Waals surface area contributed by atoms with Gasteiger partial charge in [-0.3, -0.25) is 0 Å². The highest BCUT2D eigenvalue weighted by Crippen LogP contribution is 2.22. The Hall–Kier alpha value is 0.0200. The first-order valence-electron chi connectivity index (χ1n) is 4.28. The molecule has 2 heteroatoms. The van der Waals surface area contributed by atoms with Crippen molar-refractivity contribution in [3.8, 4) is 0 Å². The van der Waals surface area contributed by atoms with Crippen LogP contribution in [0.25, 0.3) is 0 Å². The van der Waals surface area contributed by atoms with Gasteiger partial charge < -0.3 is 4.79 Å². The van der Waals surface area contributed by atoms with E-state index in [1.807, 2.05) is 11.8 Å². The lowest BCUT2D eigenvalue weighted by Crippen LogP contribution is -2.17.